The molecule has 1 aliphatic rings. The molecule has 106 valence electrons. The van der Waals surface area contributed by atoms with Crippen LogP contribution in [0, 0.1) is 5.92 Å². The molecule has 18 heavy (non-hydrogen) atoms. The summed E-state index contributed by atoms with van der Waals surface area (Å²) in [6, 6.07) is 0.633. The van der Waals surface area contributed by atoms with Crippen LogP contribution in [0.15, 0.2) is 0 Å². The molecule has 0 spiro atoms. The number of hydrogen-bond acceptors (Lipinski definition) is 2. The van der Waals surface area contributed by atoms with Crippen LogP contribution < -0.4 is 10.6 Å². The summed E-state index contributed by atoms with van der Waals surface area (Å²) in [5.41, 5.74) is 0. The van der Waals surface area contributed by atoms with Crippen LogP contribution in [-0.4, -0.2) is 24.0 Å². The van der Waals surface area contributed by atoms with Crippen molar-refractivity contribution in [2.24, 2.45) is 5.92 Å². The maximum Gasteiger partial charge on any atom is 0.237 e. The molecule has 2 N–H and O–H groups in total. The van der Waals surface area contributed by atoms with E-state index in [4.69, 9.17) is 0 Å². The molecular formula is C15H30N2O. The van der Waals surface area contributed by atoms with Crippen molar-refractivity contribution >= 4 is 5.91 Å². The first-order valence-electron chi connectivity index (χ1n) is 7.61. The molecule has 0 aliphatic heterocycles. The molecule has 0 bridgehead atoms. The van der Waals surface area contributed by atoms with Crippen molar-refractivity contribution in [2.75, 3.05) is 0 Å². The fraction of sp³-hybridized carbons (Fsp3) is 0.933. The van der Waals surface area contributed by atoms with Crippen LogP contribution in [0.1, 0.15) is 66.2 Å². The molecule has 1 aliphatic carbocycles. The number of nitrogens with one attached hydrogen (secondary N) is 2. The fourth-order valence-corrected chi connectivity index (χ4v) is 2.93. The summed E-state index contributed by atoms with van der Waals surface area (Å²) >= 11 is 0. The minimum Gasteiger partial charge on any atom is -0.353 e. The summed E-state index contributed by atoms with van der Waals surface area (Å²) in [5, 5.41) is 6.50. The van der Waals surface area contributed by atoms with E-state index in [1.165, 1.54) is 32.1 Å². The Bertz CT molecular complexity index is 247. The zero-order chi connectivity index (χ0) is 13.5. The molecule has 3 heteroatoms. The third-order valence-electron chi connectivity index (χ3n) is 3.95. The molecule has 2 unspecified atom stereocenters. The smallest absolute Gasteiger partial charge is 0.237 e. The van der Waals surface area contributed by atoms with Crippen molar-refractivity contribution in [1.29, 1.82) is 0 Å². The molecule has 1 fully saturated rings. The quantitative estimate of drug-likeness (QED) is 0.765. The summed E-state index contributed by atoms with van der Waals surface area (Å²) < 4.78 is 0. The van der Waals surface area contributed by atoms with Crippen LogP contribution in [0.2, 0.25) is 0 Å². The third kappa shape index (κ3) is 4.97. The summed E-state index contributed by atoms with van der Waals surface area (Å²) in [6.07, 6.45) is 7.86. The Hall–Kier alpha value is -0.570. The van der Waals surface area contributed by atoms with Crippen LogP contribution in [0.25, 0.3) is 0 Å². The van der Waals surface area contributed by atoms with Crippen molar-refractivity contribution in [2.45, 2.75) is 84.3 Å². The molecule has 0 aromatic carbocycles. The lowest BCUT2D eigenvalue weighted by molar-refractivity contribution is -0.123. The van der Waals surface area contributed by atoms with Gasteiger partial charge in [0.25, 0.3) is 0 Å². The SMILES string of the molecule is CCC(NC(C)C(=O)NC(C)C)C1CCCCC1. The first kappa shape index (κ1) is 15.5. The van der Waals surface area contributed by atoms with E-state index in [9.17, 15) is 4.79 Å². The molecule has 0 heterocycles. The van der Waals surface area contributed by atoms with E-state index in [-0.39, 0.29) is 18.0 Å². The lowest BCUT2D eigenvalue weighted by Gasteiger charge is -2.32. The predicted molar refractivity (Wildman–Crippen MR) is 76.5 cm³/mol. The van der Waals surface area contributed by atoms with Gasteiger partial charge in [-0.3, -0.25) is 4.79 Å². The molecule has 0 aromatic rings. The first-order chi connectivity index (χ1) is 8.54. The van der Waals surface area contributed by atoms with Gasteiger partial charge in [0.15, 0.2) is 0 Å². The summed E-state index contributed by atoms with van der Waals surface area (Å²) in [7, 11) is 0. The Kier molecular flexibility index (Phi) is 6.69. The van der Waals surface area contributed by atoms with E-state index in [1.54, 1.807) is 0 Å². The highest BCUT2D eigenvalue weighted by molar-refractivity contribution is 5.81. The van der Waals surface area contributed by atoms with E-state index in [0.29, 0.717) is 6.04 Å². The Labute approximate surface area is 112 Å². The normalized spacial score (nSPS) is 20.7. The Balaban J connectivity index is 2.43. The van der Waals surface area contributed by atoms with Gasteiger partial charge in [-0.2, -0.15) is 0 Å². The second-order valence-corrected chi connectivity index (χ2v) is 5.96. The average Bonchev–Trinajstić information content (AvgIpc) is 2.35. The highest BCUT2D eigenvalue weighted by Gasteiger charge is 2.25. The average molecular weight is 254 g/mol. The summed E-state index contributed by atoms with van der Waals surface area (Å²) in [5.74, 6) is 0.886. The second-order valence-electron chi connectivity index (χ2n) is 5.96. The van der Waals surface area contributed by atoms with Gasteiger partial charge >= 0.3 is 0 Å². The third-order valence-corrected chi connectivity index (χ3v) is 3.95. The van der Waals surface area contributed by atoms with Crippen molar-refractivity contribution in [1.82, 2.24) is 10.6 Å². The van der Waals surface area contributed by atoms with Crippen molar-refractivity contribution in [3.63, 3.8) is 0 Å². The van der Waals surface area contributed by atoms with E-state index < -0.39 is 0 Å². The minimum atomic E-state index is -0.0840. The number of hydrogen-bond donors (Lipinski definition) is 2. The van der Waals surface area contributed by atoms with E-state index >= 15 is 0 Å². The first-order valence-corrected chi connectivity index (χ1v) is 7.61. The van der Waals surface area contributed by atoms with Gasteiger partial charge in [-0.1, -0.05) is 26.2 Å². The van der Waals surface area contributed by atoms with Gasteiger partial charge in [0.2, 0.25) is 5.91 Å². The largest absolute Gasteiger partial charge is 0.353 e. The van der Waals surface area contributed by atoms with Crippen molar-refractivity contribution < 1.29 is 4.79 Å². The molecule has 1 amide bonds. The van der Waals surface area contributed by atoms with Gasteiger partial charge in [0, 0.05) is 12.1 Å². The van der Waals surface area contributed by atoms with Gasteiger partial charge in [-0.25, -0.2) is 0 Å². The van der Waals surface area contributed by atoms with Gasteiger partial charge in [-0.05, 0) is 46.0 Å². The van der Waals surface area contributed by atoms with Crippen molar-refractivity contribution in [3.05, 3.63) is 0 Å². The summed E-state index contributed by atoms with van der Waals surface area (Å²) in [4.78, 5) is 11.9. The Morgan fingerprint density at radius 3 is 2.28 bits per heavy atom. The predicted octanol–water partition coefficient (Wildman–Crippen LogP) is 2.85. The van der Waals surface area contributed by atoms with Crippen molar-refractivity contribution in [3.8, 4) is 0 Å². The number of carbonyl (C=O) groups excluding carboxylic acids is 1. The number of rotatable bonds is 6. The Morgan fingerprint density at radius 2 is 1.78 bits per heavy atom. The van der Waals surface area contributed by atoms with Gasteiger partial charge in [0.05, 0.1) is 6.04 Å². The van der Waals surface area contributed by atoms with Crippen LogP contribution in [0.4, 0.5) is 0 Å². The zero-order valence-corrected chi connectivity index (χ0v) is 12.5. The van der Waals surface area contributed by atoms with Gasteiger partial charge < -0.3 is 10.6 Å². The highest BCUT2D eigenvalue weighted by atomic mass is 16.2. The lowest BCUT2D eigenvalue weighted by atomic mass is 9.82. The van der Waals surface area contributed by atoms with Gasteiger partial charge in [0.1, 0.15) is 0 Å². The topological polar surface area (TPSA) is 41.1 Å². The van der Waals surface area contributed by atoms with Crippen LogP contribution in [0.3, 0.4) is 0 Å². The molecule has 2 atom stereocenters. The zero-order valence-electron chi connectivity index (χ0n) is 12.5. The monoisotopic (exact) mass is 254 g/mol. The maximum absolute atomic E-state index is 11.9. The molecule has 1 rings (SSSR count). The summed E-state index contributed by atoms with van der Waals surface area (Å²) in [6.45, 7) is 8.20. The minimum absolute atomic E-state index is 0.0840. The number of carbonyl (C=O) groups is 1. The molecule has 0 aromatic heterocycles. The van der Waals surface area contributed by atoms with E-state index in [0.717, 1.165) is 12.3 Å². The molecule has 1 saturated carbocycles. The van der Waals surface area contributed by atoms with Crippen LogP contribution in [0.5, 0.6) is 0 Å². The molecular weight excluding hydrogens is 224 g/mol. The molecule has 3 nitrogen and oxygen atoms in total. The van der Waals surface area contributed by atoms with E-state index in [1.807, 2.05) is 20.8 Å². The lowest BCUT2D eigenvalue weighted by Crippen LogP contribution is -2.50. The van der Waals surface area contributed by atoms with E-state index in [2.05, 4.69) is 17.6 Å². The standard InChI is InChI=1S/C15H30N2O/c1-5-14(13-9-7-6-8-10-13)17-12(4)15(18)16-11(2)3/h11-14,17H,5-10H2,1-4H3,(H,16,18). The second kappa shape index (κ2) is 7.78. The van der Waals surface area contributed by atoms with Crippen LogP contribution in [-0.2, 0) is 4.79 Å². The number of amides is 1. The Morgan fingerprint density at radius 1 is 1.17 bits per heavy atom. The molecule has 0 saturated heterocycles. The maximum atomic E-state index is 11.9. The fourth-order valence-electron chi connectivity index (χ4n) is 2.93. The van der Waals surface area contributed by atoms with Crippen LogP contribution >= 0.6 is 0 Å². The molecule has 0 radical (unpaired) electrons. The highest BCUT2D eigenvalue weighted by Crippen LogP contribution is 2.27. The van der Waals surface area contributed by atoms with Gasteiger partial charge in [-0.15, -0.1) is 0 Å².